The normalized spacial score (nSPS) is 16.1. The van der Waals surface area contributed by atoms with E-state index < -0.39 is 5.91 Å². The highest BCUT2D eigenvalue weighted by atomic mass is 16.1. The molecule has 0 aromatic carbocycles. The van der Waals surface area contributed by atoms with E-state index in [-0.39, 0.29) is 0 Å². The number of primary amides is 1. The van der Waals surface area contributed by atoms with E-state index in [4.69, 9.17) is 5.73 Å². The van der Waals surface area contributed by atoms with Crippen molar-refractivity contribution >= 4 is 11.7 Å². The summed E-state index contributed by atoms with van der Waals surface area (Å²) < 4.78 is 0. The fraction of sp³-hybridized carbons (Fsp3) is 0.600. The second-order valence-corrected chi connectivity index (χ2v) is 5.38. The average Bonchev–Trinajstić information content (AvgIpc) is 2.48. The number of rotatable bonds is 6. The first-order valence-electron chi connectivity index (χ1n) is 7.42. The summed E-state index contributed by atoms with van der Waals surface area (Å²) in [6, 6.07) is 3.52. The predicted molar refractivity (Wildman–Crippen MR) is 80.9 cm³/mol. The van der Waals surface area contributed by atoms with Crippen molar-refractivity contribution in [2.45, 2.75) is 26.2 Å². The summed E-state index contributed by atoms with van der Waals surface area (Å²) in [7, 11) is 0. The third-order valence-corrected chi connectivity index (χ3v) is 3.78. The number of piperidine rings is 1. The summed E-state index contributed by atoms with van der Waals surface area (Å²) in [6.45, 7) is 6.15. The molecular formula is C15H24N4O. The van der Waals surface area contributed by atoms with Gasteiger partial charge in [0.25, 0.3) is 5.91 Å². The number of nitrogens with two attached hydrogens (primary N) is 1. The Morgan fingerprint density at radius 3 is 2.90 bits per heavy atom. The number of carbonyl (C=O) groups is 1. The molecule has 1 fully saturated rings. The van der Waals surface area contributed by atoms with Crippen molar-refractivity contribution in [3.63, 3.8) is 0 Å². The summed E-state index contributed by atoms with van der Waals surface area (Å²) in [5.41, 5.74) is 5.99. The van der Waals surface area contributed by atoms with Crippen molar-refractivity contribution in [1.29, 1.82) is 0 Å². The van der Waals surface area contributed by atoms with Crippen molar-refractivity contribution in [3.05, 3.63) is 23.9 Å². The predicted octanol–water partition coefficient (Wildman–Crippen LogP) is 1.40. The van der Waals surface area contributed by atoms with Crippen molar-refractivity contribution in [2.75, 3.05) is 31.1 Å². The first kappa shape index (κ1) is 14.8. The zero-order valence-corrected chi connectivity index (χ0v) is 12.1. The molecule has 1 saturated heterocycles. The lowest BCUT2D eigenvalue weighted by molar-refractivity contribution is 0.100. The minimum absolute atomic E-state index is 0.403. The third-order valence-electron chi connectivity index (χ3n) is 3.78. The molecule has 1 aliphatic rings. The molecule has 5 nitrogen and oxygen atoms in total. The summed E-state index contributed by atoms with van der Waals surface area (Å²) in [5.74, 6) is 0.991. The first-order valence-corrected chi connectivity index (χ1v) is 7.42. The largest absolute Gasteiger partial charge is 0.365 e. The van der Waals surface area contributed by atoms with Gasteiger partial charge >= 0.3 is 0 Å². The van der Waals surface area contributed by atoms with Gasteiger partial charge < -0.3 is 16.0 Å². The van der Waals surface area contributed by atoms with Gasteiger partial charge in [-0.1, -0.05) is 6.92 Å². The van der Waals surface area contributed by atoms with Crippen molar-refractivity contribution in [2.24, 2.45) is 11.7 Å². The Labute approximate surface area is 120 Å². The standard InChI is InChI=1S/C15H24N4O/c1-2-10-19(11-12-5-8-17-9-6-12)15-13(14(16)20)4-3-7-18-15/h3-4,7,12,17H,2,5-6,8-11H2,1H3,(H2,16,20). The number of nitrogens with zero attached hydrogens (tertiary/aromatic N) is 2. The van der Waals surface area contributed by atoms with E-state index in [0.717, 1.165) is 38.4 Å². The van der Waals surface area contributed by atoms with Gasteiger partial charge in [0.15, 0.2) is 0 Å². The lowest BCUT2D eigenvalue weighted by Gasteiger charge is -2.31. The lowest BCUT2D eigenvalue weighted by Crippen LogP contribution is -2.37. The molecule has 0 aliphatic carbocycles. The molecule has 0 bridgehead atoms. The van der Waals surface area contributed by atoms with Crippen LogP contribution in [-0.2, 0) is 0 Å². The number of hydrogen-bond donors (Lipinski definition) is 2. The van der Waals surface area contributed by atoms with E-state index >= 15 is 0 Å². The van der Waals surface area contributed by atoms with Crippen LogP contribution in [0.1, 0.15) is 36.5 Å². The highest BCUT2D eigenvalue weighted by Gasteiger charge is 2.20. The van der Waals surface area contributed by atoms with Gasteiger partial charge in [0.05, 0.1) is 5.56 Å². The van der Waals surface area contributed by atoms with Gasteiger partial charge in [-0.3, -0.25) is 4.79 Å². The highest BCUT2D eigenvalue weighted by molar-refractivity contribution is 5.97. The maximum atomic E-state index is 11.6. The lowest BCUT2D eigenvalue weighted by atomic mass is 9.97. The van der Waals surface area contributed by atoms with E-state index in [1.54, 1.807) is 18.3 Å². The Hall–Kier alpha value is -1.62. The van der Waals surface area contributed by atoms with Crippen LogP contribution in [0, 0.1) is 5.92 Å². The second-order valence-electron chi connectivity index (χ2n) is 5.38. The summed E-state index contributed by atoms with van der Waals surface area (Å²) in [5, 5.41) is 3.38. The van der Waals surface area contributed by atoms with E-state index in [1.165, 1.54) is 12.8 Å². The summed E-state index contributed by atoms with van der Waals surface area (Å²) in [6.07, 6.45) is 5.12. The van der Waals surface area contributed by atoms with Crippen LogP contribution in [0.4, 0.5) is 5.82 Å². The zero-order valence-electron chi connectivity index (χ0n) is 12.1. The molecule has 1 aromatic rings. The molecule has 2 heterocycles. The molecule has 0 spiro atoms. The van der Waals surface area contributed by atoms with Crippen molar-refractivity contribution in [1.82, 2.24) is 10.3 Å². The molecule has 1 aliphatic heterocycles. The molecular weight excluding hydrogens is 252 g/mol. The van der Waals surface area contributed by atoms with Crippen LogP contribution < -0.4 is 16.0 Å². The topological polar surface area (TPSA) is 71.2 Å². The minimum atomic E-state index is -0.403. The molecule has 0 atom stereocenters. The number of amides is 1. The number of pyridine rings is 1. The molecule has 1 amide bonds. The van der Waals surface area contributed by atoms with Crippen LogP contribution in [0.15, 0.2) is 18.3 Å². The van der Waals surface area contributed by atoms with Crippen LogP contribution in [0.3, 0.4) is 0 Å². The Bertz CT molecular complexity index is 443. The third kappa shape index (κ3) is 3.70. The van der Waals surface area contributed by atoms with Crippen LogP contribution >= 0.6 is 0 Å². The van der Waals surface area contributed by atoms with Gasteiger partial charge in [0, 0.05) is 19.3 Å². The smallest absolute Gasteiger partial charge is 0.252 e. The van der Waals surface area contributed by atoms with Crippen LogP contribution in [0.5, 0.6) is 0 Å². The van der Waals surface area contributed by atoms with Crippen LogP contribution in [0.2, 0.25) is 0 Å². The number of nitrogens with one attached hydrogen (secondary N) is 1. The monoisotopic (exact) mass is 276 g/mol. The second kappa shape index (κ2) is 7.24. The van der Waals surface area contributed by atoms with Gasteiger partial charge in [-0.15, -0.1) is 0 Å². The van der Waals surface area contributed by atoms with Gasteiger partial charge in [-0.2, -0.15) is 0 Å². The molecule has 20 heavy (non-hydrogen) atoms. The zero-order chi connectivity index (χ0) is 14.4. The number of anilines is 1. The van der Waals surface area contributed by atoms with E-state index in [0.29, 0.717) is 11.5 Å². The van der Waals surface area contributed by atoms with Crippen LogP contribution in [-0.4, -0.2) is 37.1 Å². The fourth-order valence-corrected chi connectivity index (χ4v) is 2.77. The number of carbonyl (C=O) groups excluding carboxylic acids is 1. The molecule has 0 unspecified atom stereocenters. The van der Waals surface area contributed by atoms with E-state index in [1.807, 2.05) is 0 Å². The maximum Gasteiger partial charge on any atom is 0.252 e. The summed E-state index contributed by atoms with van der Waals surface area (Å²) >= 11 is 0. The van der Waals surface area contributed by atoms with E-state index in [9.17, 15) is 4.79 Å². The number of aromatic nitrogens is 1. The first-order chi connectivity index (χ1) is 9.72. The molecule has 0 radical (unpaired) electrons. The molecule has 2 rings (SSSR count). The van der Waals surface area contributed by atoms with E-state index in [2.05, 4.69) is 22.1 Å². The Morgan fingerprint density at radius 2 is 2.25 bits per heavy atom. The van der Waals surface area contributed by atoms with Gasteiger partial charge in [0.1, 0.15) is 5.82 Å². The Balaban J connectivity index is 2.16. The maximum absolute atomic E-state index is 11.6. The molecule has 0 saturated carbocycles. The minimum Gasteiger partial charge on any atom is -0.365 e. The van der Waals surface area contributed by atoms with Gasteiger partial charge in [0.2, 0.25) is 0 Å². The Morgan fingerprint density at radius 1 is 1.50 bits per heavy atom. The SMILES string of the molecule is CCCN(CC1CCNCC1)c1ncccc1C(N)=O. The van der Waals surface area contributed by atoms with Crippen molar-refractivity contribution < 1.29 is 4.79 Å². The number of hydrogen-bond acceptors (Lipinski definition) is 4. The van der Waals surface area contributed by atoms with Gasteiger partial charge in [-0.25, -0.2) is 4.98 Å². The molecule has 3 N–H and O–H groups in total. The molecule has 5 heteroatoms. The Kier molecular flexibility index (Phi) is 5.35. The van der Waals surface area contributed by atoms with Crippen LogP contribution in [0.25, 0.3) is 0 Å². The quantitative estimate of drug-likeness (QED) is 0.824. The fourth-order valence-electron chi connectivity index (χ4n) is 2.77. The molecule has 1 aromatic heterocycles. The average molecular weight is 276 g/mol. The molecule has 110 valence electrons. The highest BCUT2D eigenvalue weighted by Crippen LogP contribution is 2.21. The van der Waals surface area contributed by atoms with Gasteiger partial charge in [-0.05, 0) is 50.4 Å². The summed E-state index contributed by atoms with van der Waals surface area (Å²) in [4.78, 5) is 18.2. The van der Waals surface area contributed by atoms with Crippen molar-refractivity contribution in [3.8, 4) is 0 Å².